The Balaban J connectivity index is 2.74. The van der Waals surface area contributed by atoms with Crippen LogP contribution in [0.4, 0.5) is 0 Å². The van der Waals surface area contributed by atoms with E-state index in [4.69, 9.17) is 11.6 Å². The second kappa shape index (κ2) is 7.19. The van der Waals surface area contributed by atoms with Crippen molar-refractivity contribution in [2.75, 3.05) is 6.61 Å². The summed E-state index contributed by atoms with van der Waals surface area (Å²) in [5.41, 5.74) is 1.44. The summed E-state index contributed by atoms with van der Waals surface area (Å²) < 4.78 is 0. The second-order valence-corrected chi connectivity index (χ2v) is 4.55. The minimum Gasteiger partial charge on any atom is -0.394 e. The van der Waals surface area contributed by atoms with E-state index in [-0.39, 0.29) is 18.6 Å². The van der Waals surface area contributed by atoms with Crippen molar-refractivity contribution in [2.45, 2.75) is 26.3 Å². The number of hydrogen-bond acceptors (Lipinski definition) is 2. The van der Waals surface area contributed by atoms with Crippen LogP contribution in [0.15, 0.2) is 30.4 Å². The summed E-state index contributed by atoms with van der Waals surface area (Å²) >= 11 is 6.02. The van der Waals surface area contributed by atoms with E-state index >= 15 is 0 Å². The summed E-state index contributed by atoms with van der Waals surface area (Å²) in [5, 5.41) is 12.4. The van der Waals surface area contributed by atoms with Crippen molar-refractivity contribution in [1.29, 1.82) is 0 Å². The smallest absolute Gasteiger partial charge is 0.253 e. The first-order valence-corrected chi connectivity index (χ1v) is 6.25. The van der Waals surface area contributed by atoms with Gasteiger partial charge in [0.1, 0.15) is 0 Å². The van der Waals surface area contributed by atoms with E-state index in [9.17, 15) is 9.90 Å². The van der Waals surface area contributed by atoms with Crippen LogP contribution in [-0.2, 0) is 0 Å². The first kappa shape index (κ1) is 14.7. The standard InChI is InChI=1S/C14H18ClNO2/c1-3-4-5-11(9-17)16-14(18)12-7-6-10(2)8-13(12)15/h3-4,6-8,11,17H,5,9H2,1-2H3,(H,16,18)/b4-3+. The molecule has 1 unspecified atom stereocenters. The molecule has 0 bridgehead atoms. The van der Waals surface area contributed by atoms with E-state index in [1.54, 1.807) is 12.1 Å². The molecule has 1 atom stereocenters. The largest absolute Gasteiger partial charge is 0.394 e. The average molecular weight is 268 g/mol. The molecule has 0 aliphatic rings. The summed E-state index contributed by atoms with van der Waals surface area (Å²) in [4.78, 5) is 12.0. The topological polar surface area (TPSA) is 49.3 Å². The maximum atomic E-state index is 12.0. The molecule has 1 rings (SSSR count). The van der Waals surface area contributed by atoms with Gasteiger partial charge in [-0.05, 0) is 38.0 Å². The number of amides is 1. The van der Waals surface area contributed by atoms with Crippen molar-refractivity contribution in [2.24, 2.45) is 0 Å². The van der Waals surface area contributed by atoms with E-state index in [1.165, 1.54) is 0 Å². The highest BCUT2D eigenvalue weighted by molar-refractivity contribution is 6.33. The van der Waals surface area contributed by atoms with Gasteiger partial charge in [0.2, 0.25) is 0 Å². The highest BCUT2D eigenvalue weighted by Gasteiger charge is 2.14. The van der Waals surface area contributed by atoms with Crippen LogP contribution in [0.1, 0.15) is 29.3 Å². The van der Waals surface area contributed by atoms with E-state index < -0.39 is 0 Å². The molecule has 0 saturated carbocycles. The average Bonchev–Trinajstić information content (AvgIpc) is 2.34. The van der Waals surface area contributed by atoms with Crippen LogP contribution in [-0.4, -0.2) is 23.7 Å². The molecule has 0 heterocycles. The van der Waals surface area contributed by atoms with Crippen molar-refractivity contribution in [3.8, 4) is 0 Å². The van der Waals surface area contributed by atoms with Gasteiger partial charge in [-0.25, -0.2) is 0 Å². The third-order valence-electron chi connectivity index (χ3n) is 2.58. The Bertz CT molecular complexity index is 443. The predicted molar refractivity (Wildman–Crippen MR) is 74.0 cm³/mol. The lowest BCUT2D eigenvalue weighted by Gasteiger charge is -2.15. The molecule has 0 saturated heterocycles. The van der Waals surface area contributed by atoms with Crippen LogP contribution in [0.25, 0.3) is 0 Å². The fourth-order valence-corrected chi connectivity index (χ4v) is 1.87. The molecule has 3 nitrogen and oxygen atoms in total. The van der Waals surface area contributed by atoms with Crippen LogP contribution in [0.3, 0.4) is 0 Å². The number of benzene rings is 1. The van der Waals surface area contributed by atoms with Gasteiger partial charge in [0.05, 0.1) is 23.2 Å². The maximum absolute atomic E-state index is 12.0. The zero-order chi connectivity index (χ0) is 13.5. The van der Waals surface area contributed by atoms with Crippen molar-refractivity contribution in [1.82, 2.24) is 5.32 Å². The lowest BCUT2D eigenvalue weighted by Crippen LogP contribution is -2.37. The second-order valence-electron chi connectivity index (χ2n) is 4.14. The van der Waals surface area contributed by atoms with Crippen molar-refractivity contribution >= 4 is 17.5 Å². The van der Waals surface area contributed by atoms with Gasteiger partial charge in [-0.3, -0.25) is 4.79 Å². The van der Waals surface area contributed by atoms with E-state index in [2.05, 4.69) is 5.32 Å². The number of halogens is 1. The van der Waals surface area contributed by atoms with E-state index in [0.717, 1.165) is 5.56 Å². The van der Waals surface area contributed by atoms with Crippen LogP contribution in [0, 0.1) is 6.92 Å². The summed E-state index contributed by atoms with van der Waals surface area (Å²) in [5.74, 6) is -0.261. The van der Waals surface area contributed by atoms with Gasteiger partial charge in [-0.2, -0.15) is 0 Å². The number of allylic oxidation sites excluding steroid dienone is 1. The molecule has 1 aromatic rings. The Morgan fingerprint density at radius 1 is 1.56 bits per heavy atom. The number of aliphatic hydroxyl groups excluding tert-OH is 1. The zero-order valence-electron chi connectivity index (χ0n) is 10.6. The number of aryl methyl sites for hydroxylation is 1. The number of aliphatic hydroxyl groups is 1. The molecule has 18 heavy (non-hydrogen) atoms. The van der Waals surface area contributed by atoms with Crippen molar-refractivity contribution in [3.63, 3.8) is 0 Å². The minimum atomic E-state index is -0.286. The fraction of sp³-hybridized carbons (Fsp3) is 0.357. The molecule has 0 aliphatic heterocycles. The number of carbonyl (C=O) groups is 1. The third kappa shape index (κ3) is 4.17. The van der Waals surface area contributed by atoms with Gasteiger partial charge in [0, 0.05) is 0 Å². The Hall–Kier alpha value is -1.32. The Labute approximate surface area is 112 Å². The van der Waals surface area contributed by atoms with Crippen LogP contribution < -0.4 is 5.32 Å². The molecular formula is C14H18ClNO2. The first-order valence-electron chi connectivity index (χ1n) is 5.87. The summed E-state index contributed by atoms with van der Waals surface area (Å²) in [6, 6.07) is 4.99. The number of carbonyl (C=O) groups excluding carboxylic acids is 1. The number of nitrogens with one attached hydrogen (secondary N) is 1. The zero-order valence-corrected chi connectivity index (χ0v) is 11.4. The molecular weight excluding hydrogens is 250 g/mol. The van der Waals surface area contributed by atoms with Gasteiger partial charge < -0.3 is 10.4 Å². The molecule has 0 aromatic heterocycles. The van der Waals surface area contributed by atoms with Crippen LogP contribution in [0.5, 0.6) is 0 Å². The molecule has 2 N–H and O–H groups in total. The monoisotopic (exact) mass is 267 g/mol. The quantitative estimate of drug-likeness (QED) is 0.806. The third-order valence-corrected chi connectivity index (χ3v) is 2.89. The Morgan fingerprint density at radius 3 is 2.83 bits per heavy atom. The fourth-order valence-electron chi connectivity index (χ4n) is 1.55. The summed E-state index contributed by atoms with van der Waals surface area (Å²) in [7, 11) is 0. The molecule has 0 spiro atoms. The summed E-state index contributed by atoms with van der Waals surface area (Å²) in [6.07, 6.45) is 4.38. The molecule has 1 amide bonds. The molecule has 0 fully saturated rings. The van der Waals surface area contributed by atoms with Crippen LogP contribution >= 0.6 is 11.6 Å². The Morgan fingerprint density at radius 2 is 2.28 bits per heavy atom. The van der Waals surface area contributed by atoms with Crippen molar-refractivity contribution < 1.29 is 9.90 Å². The molecule has 0 aliphatic carbocycles. The van der Waals surface area contributed by atoms with Crippen LogP contribution in [0.2, 0.25) is 5.02 Å². The van der Waals surface area contributed by atoms with Gasteiger partial charge in [-0.15, -0.1) is 0 Å². The molecule has 0 radical (unpaired) electrons. The number of rotatable bonds is 5. The highest BCUT2D eigenvalue weighted by atomic mass is 35.5. The van der Waals surface area contributed by atoms with E-state index in [1.807, 2.05) is 32.1 Å². The van der Waals surface area contributed by atoms with Gasteiger partial charge >= 0.3 is 0 Å². The minimum absolute atomic E-state index is 0.0977. The van der Waals surface area contributed by atoms with E-state index in [0.29, 0.717) is 17.0 Å². The number of hydrogen-bond donors (Lipinski definition) is 2. The molecule has 98 valence electrons. The highest BCUT2D eigenvalue weighted by Crippen LogP contribution is 2.17. The summed E-state index contributed by atoms with van der Waals surface area (Å²) in [6.45, 7) is 3.71. The van der Waals surface area contributed by atoms with Gasteiger partial charge in [0.15, 0.2) is 0 Å². The predicted octanol–water partition coefficient (Wildman–Crippen LogP) is 2.71. The lowest BCUT2D eigenvalue weighted by molar-refractivity contribution is 0.0917. The van der Waals surface area contributed by atoms with Crippen molar-refractivity contribution in [3.05, 3.63) is 46.5 Å². The van der Waals surface area contributed by atoms with Gasteiger partial charge in [-0.1, -0.05) is 29.8 Å². The lowest BCUT2D eigenvalue weighted by atomic mass is 10.1. The normalized spacial score (nSPS) is 12.7. The Kier molecular flexibility index (Phi) is 5.89. The molecule has 1 aromatic carbocycles. The maximum Gasteiger partial charge on any atom is 0.253 e. The SMILES string of the molecule is C/C=C/CC(CO)NC(=O)c1ccc(C)cc1Cl. The first-order chi connectivity index (χ1) is 8.58. The van der Waals surface area contributed by atoms with Gasteiger partial charge in [0.25, 0.3) is 5.91 Å². The molecule has 4 heteroatoms.